The minimum Gasteiger partial charge on any atom is -0.388 e. The Hall–Kier alpha value is -1.35. The molecular formula is C18H30N4O5P+. The monoisotopic (exact) mass is 413 g/mol. The molecule has 1 aliphatic heterocycles. The van der Waals surface area contributed by atoms with E-state index in [4.69, 9.17) is 9.63 Å². The lowest BCUT2D eigenvalue weighted by Crippen LogP contribution is -2.39. The van der Waals surface area contributed by atoms with E-state index in [1.54, 1.807) is 12.5 Å². The summed E-state index contributed by atoms with van der Waals surface area (Å²) in [6, 6.07) is -0.585. The van der Waals surface area contributed by atoms with Crippen molar-refractivity contribution in [1.29, 1.82) is 0 Å². The standard InChI is InChI=1S/C18H29N4O5P/c1-4-22(5-2)8-20-14-11(7-19-13(14)10(3)23)15-16(24)17(25)18(21-15)6-12(18)27-9-28-26/h7-8,12,15-17,19,21,24-26,28H,4-6,9H2,1-3H3/p+1. The summed E-state index contributed by atoms with van der Waals surface area (Å²) in [5.41, 5.74) is 0.746. The summed E-state index contributed by atoms with van der Waals surface area (Å²) in [5, 5.41) is 24.6. The van der Waals surface area contributed by atoms with Crippen molar-refractivity contribution in [3.8, 4) is 0 Å². The molecule has 2 aliphatic rings. The number of aliphatic hydroxyl groups excluding tert-OH is 2. The predicted octanol–water partition coefficient (Wildman–Crippen LogP) is 0.388. The largest absolute Gasteiger partial charge is 0.388 e. The second-order valence-corrected chi connectivity index (χ2v) is 7.99. The Morgan fingerprint density at radius 1 is 1.46 bits per heavy atom. The Bertz CT molecular complexity index is 738. The molecule has 5 N–H and O–H groups in total. The number of nitrogens with zero attached hydrogens (tertiary/aromatic N) is 2. The van der Waals surface area contributed by atoms with E-state index in [2.05, 4.69) is 15.3 Å². The number of carbonyl (C=O) groups is 1. The molecule has 156 valence electrons. The van der Waals surface area contributed by atoms with Crippen molar-refractivity contribution in [2.75, 3.05) is 19.4 Å². The highest BCUT2D eigenvalue weighted by atomic mass is 31.1. The van der Waals surface area contributed by atoms with Crippen LogP contribution in [0.25, 0.3) is 0 Å². The summed E-state index contributed by atoms with van der Waals surface area (Å²) < 4.78 is 5.58. The van der Waals surface area contributed by atoms with E-state index in [0.29, 0.717) is 23.4 Å². The fourth-order valence-corrected chi connectivity index (χ4v) is 4.21. The highest BCUT2D eigenvalue weighted by molar-refractivity contribution is 7.30. The van der Waals surface area contributed by atoms with Crippen molar-refractivity contribution in [1.82, 2.24) is 15.2 Å². The number of aliphatic hydroxyl groups is 2. The number of aliphatic imine (C=N–C) groups is 1. The van der Waals surface area contributed by atoms with Gasteiger partial charge in [-0.05, 0) is 20.3 Å². The van der Waals surface area contributed by atoms with Crippen LogP contribution in [-0.2, 0) is 4.74 Å². The Labute approximate surface area is 166 Å². The second kappa shape index (κ2) is 8.57. The van der Waals surface area contributed by atoms with Gasteiger partial charge in [0, 0.05) is 31.8 Å². The number of ketones is 1. The van der Waals surface area contributed by atoms with Crippen LogP contribution in [-0.4, -0.2) is 80.4 Å². The number of nitrogens with one attached hydrogen (secondary N) is 2. The van der Waals surface area contributed by atoms with Crippen LogP contribution >= 0.6 is 8.81 Å². The Kier molecular flexibility index (Phi) is 6.54. The highest BCUT2D eigenvalue weighted by Gasteiger charge is 2.68. The van der Waals surface area contributed by atoms with Crippen LogP contribution in [0.4, 0.5) is 5.69 Å². The molecule has 9 nitrogen and oxygen atoms in total. The molecule has 1 spiro atoms. The van der Waals surface area contributed by atoms with Gasteiger partial charge in [-0.2, -0.15) is 0 Å². The summed E-state index contributed by atoms with van der Waals surface area (Å²) in [6.07, 6.45) is 1.85. The zero-order valence-electron chi connectivity index (χ0n) is 16.4. The molecule has 1 aromatic rings. The molecule has 0 amide bonds. The van der Waals surface area contributed by atoms with Crippen LogP contribution in [0.5, 0.6) is 0 Å². The molecule has 2 fully saturated rings. The topological polar surface area (TPSA) is 130 Å². The van der Waals surface area contributed by atoms with Crippen molar-refractivity contribution in [2.24, 2.45) is 4.99 Å². The quantitative estimate of drug-likeness (QED) is 0.171. The lowest BCUT2D eigenvalue weighted by molar-refractivity contribution is 0.0110. The summed E-state index contributed by atoms with van der Waals surface area (Å²) in [6.45, 7) is 7.06. The number of aromatic nitrogens is 1. The minimum atomic E-state index is -1.06. The van der Waals surface area contributed by atoms with Gasteiger partial charge < -0.3 is 24.8 Å². The van der Waals surface area contributed by atoms with Gasteiger partial charge in [-0.3, -0.25) is 15.0 Å². The van der Waals surface area contributed by atoms with E-state index in [1.165, 1.54) is 6.92 Å². The van der Waals surface area contributed by atoms with E-state index in [9.17, 15) is 15.0 Å². The average Bonchev–Trinajstić information content (AvgIpc) is 3.12. The molecule has 0 radical (unpaired) electrons. The Balaban J connectivity index is 1.88. The summed E-state index contributed by atoms with van der Waals surface area (Å²) in [7, 11) is -0.770. The number of hydrogen-bond donors (Lipinski definition) is 5. The van der Waals surface area contributed by atoms with Gasteiger partial charge in [0.1, 0.15) is 26.7 Å². The zero-order valence-corrected chi connectivity index (χ0v) is 17.6. The lowest BCUT2D eigenvalue weighted by Gasteiger charge is -2.17. The first-order valence-electron chi connectivity index (χ1n) is 9.61. The number of aromatic amines is 1. The van der Waals surface area contributed by atoms with Crippen LogP contribution in [0.15, 0.2) is 11.2 Å². The second-order valence-electron chi connectivity index (χ2n) is 7.30. The highest BCUT2D eigenvalue weighted by Crippen LogP contribution is 2.52. The molecule has 1 saturated carbocycles. The Morgan fingerprint density at radius 3 is 2.79 bits per heavy atom. The van der Waals surface area contributed by atoms with Gasteiger partial charge in [0.2, 0.25) is 0 Å². The van der Waals surface area contributed by atoms with Gasteiger partial charge in [-0.1, -0.05) is 0 Å². The Morgan fingerprint density at radius 2 is 2.18 bits per heavy atom. The van der Waals surface area contributed by atoms with Crippen LogP contribution in [0.3, 0.4) is 0 Å². The summed E-state index contributed by atoms with van der Waals surface area (Å²) in [4.78, 5) is 30.6. The van der Waals surface area contributed by atoms with Crippen molar-refractivity contribution < 1.29 is 24.6 Å². The maximum Gasteiger partial charge on any atom is 0.179 e. The first-order chi connectivity index (χ1) is 13.4. The van der Waals surface area contributed by atoms with E-state index in [0.717, 1.165) is 13.1 Å². The van der Waals surface area contributed by atoms with Gasteiger partial charge in [0.05, 0.1) is 29.7 Å². The SMILES string of the molecule is CCN(C=Nc1c(C2NC3(CC3OC[PH2+]O)C(O)C2O)c[nH]c1C(C)=O)CC. The number of hydrogen-bond acceptors (Lipinski definition) is 7. The van der Waals surface area contributed by atoms with Crippen molar-refractivity contribution in [3.05, 3.63) is 17.5 Å². The van der Waals surface area contributed by atoms with E-state index in [-0.39, 0.29) is 18.2 Å². The van der Waals surface area contributed by atoms with Crippen LogP contribution < -0.4 is 5.32 Å². The van der Waals surface area contributed by atoms with E-state index < -0.39 is 32.6 Å². The number of carbonyl (C=O) groups excluding carboxylic acids is 1. The lowest BCUT2D eigenvalue weighted by atomic mass is 10.0. The normalized spacial score (nSPS) is 32.2. The molecule has 3 rings (SSSR count). The van der Waals surface area contributed by atoms with Gasteiger partial charge in [-0.15, -0.1) is 0 Å². The third kappa shape index (κ3) is 3.75. The molecular weight excluding hydrogens is 383 g/mol. The molecule has 6 atom stereocenters. The van der Waals surface area contributed by atoms with Crippen molar-refractivity contribution >= 4 is 26.6 Å². The van der Waals surface area contributed by atoms with Crippen LogP contribution in [0, 0.1) is 0 Å². The molecule has 1 aliphatic carbocycles. The molecule has 10 heteroatoms. The fraction of sp³-hybridized carbons (Fsp3) is 0.667. The van der Waals surface area contributed by atoms with Gasteiger partial charge in [0.15, 0.2) is 12.1 Å². The van der Waals surface area contributed by atoms with Gasteiger partial charge >= 0.3 is 0 Å². The summed E-state index contributed by atoms with van der Waals surface area (Å²) in [5.74, 6) is -0.153. The van der Waals surface area contributed by atoms with Crippen LogP contribution in [0.2, 0.25) is 0 Å². The van der Waals surface area contributed by atoms with E-state index in [1.807, 2.05) is 18.7 Å². The molecule has 28 heavy (non-hydrogen) atoms. The van der Waals surface area contributed by atoms with Crippen molar-refractivity contribution in [2.45, 2.75) is 57.1 Å². The number of ether oxygens (including phenoxy) is 1. The third-order valence-corrected chi connectivity index (χ3v) is 6.00. The van der Waals surface area contributed by atoms with Gasteiger partial charge in [-0.25, -0.2) is 4.99 Å². The molecule has 6 unspecified atom stereocenters. The maximum atomic E-state index is 12.0. The fourth-order valence-electron chi connectivity index (χ4n) is 3.89. The molecule has 0 aromatic carbocycles. The van der Waals surface area contributed by atoms with Gasteiger partial charge in [0.25, 0.3) is 0 Å². The molecule has 2 heterocycles. The molecule has 0 bridgehead atoms. The average molecular weight is 413 g/mol. The number of Topliss-reactive ketones (excluding diaryl/α,β-unsaturated/α-hetero) is 1. The third-order valence-electron chi connectivity index (χ3n) is 5.66. The predicted molar refractivity (Wildman–Crippen MR) is 109 cm³/mol. The molecule has 1 saturated heterocycles. The zero-order chi connectivity index (χ0) is 20.5. The number of H-pyrrole nitrogens is 1. The number of rotatable bonds is 9. The summed E-state index contributed by atoms with van der Waals surface area (Å²) >= 11 is 0. The first-order valence-corrected chi connectivity index (χ1v) is 10.9. The smallest absolute Gasteiger partial charge is 0.179 e. The van der Waals surface area contributed by atoms with E-state index >= 15 is 0 Å². The first kappa shape index (κ1) is 21.4. The van der Waals surface area contributed by atoms with Crippen molar-refractivity contribution in [3.63, 3.8) is 0 Å². The van der Waals surface area contributed by atoms with Crippen LogP contribution in [0.1, 0.15) is 49.3 Å². The molecule has 1 aromatic heterocycles. The minimum absolute atomic E-state index is 0.153. The maximum absolute atomic E-state index is 12.0.